The van der Waals surface area contributed by atoms with Crippen molar-refractivity contribution in [3.8, 4) is 0 Å². The Labute approximate surface area is 497 Å². The summed E-state index contributed by atoms with van der Waals surface area (Å²) in [6, 6.07) is 14.3. The van der Waals surface area contributed by atoms with Gasteiger partial charge in [0.2, 0.25) is 59.1 Å². The number of hydrogen-bond donors (Lipinski definition) is 14. The molecule has 3 aromatic carbocycles. The number of H-pyrrole nitrogens is 1. The molecule has 0 saturated carbocycles. The first kappa shape index (κ1) is 65.6. The van der Waals surface area contributed by atoms with Gasteiger partial charge in [0.1, 0.15) is 42.3 Å². The predicted molar refractivity (Wildman–Crippen MR) is 318 cm³/mol. The van der Waals surface area contributed by atoms with Crippen molar-refractivity contribution in [3.05, 3.63) is 108 Å². The van der Waals surface area contributed by atoms with Crippen LogP contribution in [0.3, 0.4) is 0 Å². The summed E-state index contributed by atoms with van der Waals surface area (Å²) in [5.74, 6) is -8.11. The molecule has 2 aliphatic rings. The van der Waals surface area contributed by atoms with Gasteiger partial charge >= 0.3 is 0 Å². The number of rotatable bonds is 20. The van der Waals surface area contributed by atoms with Gasteiger partial charge in [-0.2, -0.15) is 0 Å². The highest BCUT2D eigenvalue weighted by atomic mass is 16.5. The van der Waals surface area contributed by atoms with Gasteiger partial charge in [0.05, 0.1) is 25.7 Å². The summed E-state index contributed by atoms with van der Waals surface area (Å²) in [6.07, 6.45) is 1.45. The number of amides is 10. The van der Waals surface area contributed by atoms with Gasteiger partial charge in [0.15, 0.2) is 11.9 Å². The molecule has 3 heterocycles. The quantitative estimate of drug-likeness (QED) is 0.0247. The lowest BCUT2D eigenvalue weighted by Crippen LogP contribution is -2.62. The van der Waals surface area contributed by atoms with E-state index in [0.717, 1.165) is 10.9 Å². The van der Waals surface area contributed by atoms with Crippen LogP contribution in [-0.2, 0) is 72.1 Å². The van der Waals surface area contributed by atoms with E-state index >= 15 is 0 Å². The average Bonchev–Trinajstić information content (AvgIpc) is 4.09. The number of carbonyl (C=O) groups is 10. The lowest BCUT2D eigenvalue weighted by Gasteiger charge is -2.39. The number of fused-ring (bicyclic) bond motifs is 1. The number of ether oxygens (including phenoxy) is 1. The standard InChI is InChI=1S/C58H79N17O11/c1-34(76)75-31-38(68-56(85)47(75)22-13-25-66-58(62)63)28-49(78)69-45-29-48(77)64-23-11-10-20-41(50(59)79)70-53(82)44(27-37-30-67-40-19-9-8-18-39(37)40)73-51(80)42(21-12-24-65-57(60)61)71-52(81)43(26-35-14-4-2-5-15-35)72-55(84)46(74-54(45)83)33-86-32-36-16-6-3-7-17-36/h2-9,14-19,30,38,41-47,67H,10-13,20-29,31-33H2,1H3,(H2,59,79)(H,64,77)(H,68,85)(H,69,78)(H,70,82)(H,71,81)(H,72,84)(H,73,80)(H,74,83)(H4,60,61,65)(H4,62,63,66)/t38-,41-,42-,43+,44-,45-,46-,47-/m0/s1. The Balaban J connectivity index is 1.33. The van der Waals surface area contributed by atoms with Gasteiger partial charge < -0.3 is 85.8 Å². The van der Waals surface area contributed by atoms with E-state index in [-0.39, 0.29) is 96.1 Å². The van der Waals surface area contributed by atoms with Crippen LogP contribution in [0.1, 0.15) is 81.4 Å². The summed E-state index contributed by atoms with van der Waals surface area (Å²) in [6.45, 7) is 0.922. The van der Waals surface area contributed by atoms with Crippen LogP contribution in [0, 0.1) is 0 Å². The molecule has 86 heavy (non-hydrogen) atoms. The maximum absolute atomic E-state index is 14.8. The Hall–Kier alpha value is -9.60. The summed E-state index contributed by atoms with van der Waals surface area (Å²) in [5.41, 5.74) is 30.6. The number of para-hydroxylation sites is 1. The Kier molecular flexibility index (Phi) is 25.2. The van der Waals surface area contributed by atoms with Crippen molar-refractivity contribution in [1.29, 1.82) is 0 Å². The van der Waals surface area contributed by atoms with Crippen molar-refractivity contribution >= 4 is 81.9 Å². The summed E-state index contributed by atoms with van der Waals surface area (Å²) < 4.78 is 6.01. The predicted octanol–water partition coefficient (Wildman–Crippen LogP) is -2.53. The molecule has 10 amide bonds. The van der Waals surface area contributed by atoms with Crippen molar-refractivity contribution in [2.75, 3.05) is 32.8 Å². The van der Waals surface area contributed by atoms with E-state index in [1.807, 2.05) is 24.3 Å². The second-order valence-electron chi connectivity index (χ2n) is 21.1. The Morgan fingerprint density at radius 1 is 0.640 bits per heavy atom. The molecule has 8 atom stereocenters. The summed E-state index contributed by atoms with van der Waals surface area (Å²) in [4.78, 5) is 153. The van der Waals surface area contributed by atoms with E-state index in [1.165, 1.54) is 11.8 Å². The number of guanidine groups is 2. The molecule has 28 heteroatoms. The molecule has 0 spiro atoms. The Bertz CT molecular complexity index is 3060. The van der Waals surface area contributed by atoms with Crippen molar-refractivity contribution in [2.24, 2.45) is 38.7 Å². The third-order valence-electron chi connectivity index (χ3n) is 14.4. The number of aromatic nitrogens is 1. The van der Waals surface area contributed by atoms with Crippen LogP contribution in [0.25, 0.3) is 10.9 Å². The number of nitrogens with two attached hydrogens (primary N) is 5. The van der Waals surface area contributed by atoms with Crippen molar-refractivity contribution in [3.63, 3.8) is 0 Å². The number of benzene rings is 3. The van der Waals surface area contributed by atoms with Crippen LogP contribution in [0.4, 0.5) is 0 Å². The molecule has 6 rings (SSSR count). The highest BCUT2D eigenvalue weighted by molar-refractivity contribution is 5.99. The molecule has 0 bridgehead atoms. The number of nitrogens with one attached hydrogen (secondary N) is 9. The van der Waals surface area contributed by atoms with Gasteiger partial charge in [-0.1, -0.05) is 78.9 Å². The molecule has 0 radical (unpaired) electrons. The topological polar surface area (TPSA) is 450 Å². The zero-order chi connectivity index (χ0) is 62.1. The zero-order valence-electron chi connectivity index (χ0n) is 48.0. The van der Waals surface area contributed by atoms with Gasteiger partial charge in [0, 0.05) is 69.5 Å². The summed E-state index contributed by atoms with van der Waals surface area (Å²) >= 11 is 0. The normalized spacial score (nSPS) is 22.3. The minimum Gasteiger partial charge on any atom is -0.374 e. The fourth-order valence-corrected chi connectivity index (χ4v) is 10.00. The molecule has 1 aromatic heterocycles. The Morgan fingerprint density at radius 2 is 1.22 bits per heavy atom. The number of aromatic amines is 1. The SMILES string of the molecule is CC(=O)N1C[C@H](CC(=O)N[C@H]2CC(=O)NCCCC[C@@H](C(N)=O)NC(=O)[C@H](Cc3c[nH]c4ccccc34)NC(=O)[C@H](CCCN=C(N)N)NC(=O)[C@@H](Cc3ccccc3)NC(=O)[C@H](COCc3ccccc3)NC2=O)NC(=O)[C@@H]1CCCN=C(N)N. The van der Waals surface area contributed by atoms with Gasteiger partial charge in [-0.25, -0.2) is 0 Å². The number of hydrogen-bond acceptors (Lipinski definition) is 13. The number of piperazine rings is 1. The zero-order valence-corrected chi connectivity index (χ0v) is 48.0. The third kappa shape index (κ3) is 20.9. The lowest BCUT2D eigenvalue weighted by molar-refractivity contribution is -0.144. The minimum atomic E-state index is -1.67. The second-order valence-corrected chi connectivity index (χ2v) is 21.1. The number of aliphatic imine (C=N–C) groups is 2. The Morgan fingerprint density at radius 3 is 1.88 bits per heavy atom. The molecule has 2 saturated heterocycles. The van der Waals surface area contributed by atoms with Crippen molar-refractivity contribution in [1.82, 2.24) is 52.4 Å². The monoisotopic (exact) mass is 1190 g/mol. The average molecular weight is 1190 g/mol. The molecule has 0 unspecified atom stereocenters. The number of nitrogens with zero attached hydrogens (tertiary/aromatic N) is 3. The largest absolute Gasteiger partial charge is 0.374 e. The third-order valence-corrected chi connectivity index (χ3v) is 14.4. The molecule has 462 valence electrons. The van der Waals surface area contributed by atoms with Crippen LogP contribution < -0.4 is 71.2 Å². The fraction of sp³-hybridized carbons (Fsp3) is 0.448. The van der Waals surface area contributed by atoms with E-state index in [9.17, 15) is 47.9 Å². The van der Waals surface area contributed by atoms with E-state index < -0.39 is 127 Å². The minimum absolute atomic E-state index is 0.00426. The van der Waals surface area contributed by atoms with E-state index in [1.54, 1.807) is 66.9 Å². The highest BCUT2D eigenvalue weighted by Crippen LogP contribution is 2.21. The van der Waals surface area contributed by atoms with Crippen LogP contribution in [-0.4, -0.2) is 162 Å². The maximum atomic E-state index is 14.8. The molecule has 0 aliphatic carbocycles. The van der Waals surface area contributed by atoms with E-state index in [4.69, 9.17) is 33.4 Å². The molecule has 2 aliphatic heterocycles. The summed E-state index contributed by atoms with van der Waals surface area (Å²) in [5, 5.41) is 22.4. The lowest BCUT2D eigenvalue weighted by atomic mass is 10.0. The molecular weight excluding hydrogens is 1110 g/mol. The first-order valence-corrected chi connectivity index (χ1v) is 28.5. The van der Waals surface area contributed by atoms with Crippen molar-refractivity contribution < 1.29 is 52.7 Å². The first-order chi connectivity index (χ1) is 41.2. The molecule has 4 aromatic rings. The first-order valence-electron chi connectivity index (χ1n) is 28.5. The van der Waals surface area contributed by atoms with Gasteiger partial charge in [-0.15, -0.1) is 0 Å². The van der Waals surface area contributed by atoms with Crippen LogP contribution in [0.5, 0.6) is 0 Å². The maximum Gasteiger partial charge on any atom is 0.245 e. The fourth-order valence-electron chi connectivity index (χ4n) is 10.00. The molecule has 28 nitrogen and oxygen atoms in total. The van der Waals surface area contributed by atoms with Crippen molar-refractivity contribution in [2.45, 2.75) is 132 Å². The van der Waals surface area contributed by atoms with Gasteiger partial charge in [-0.05, 0) is 67.7 Å². The second kappa shape index (κ2) is 33.0. The number of carbonyl (C=O) groups excluding carboxylic acids is 10. The van der Waals surface area contributed by atoms with Crippen LogP contribution in [0.2, 0.25) is 0 Å². The molecular formula is C58H79N17O11. The van der Waals surface area contributed by atoms with Crippen LogP contribution in [0.15, 0.2) is 101 Å². The summed E-state index contributed by atoms with van der Waals surface area (Å²) in [7, 11) is 0. The van der Waals surface area contributed by atoms with Gasteiger partial charge in [0.25, 0.3) is 0 Å². The molecule has 2 fully saturated rings. The smallest absolute Gasteiger partial charge is 0.245 e. The highest BCUT2D eigenvalue weighted by Gasteiger charge is 2.38. The van der Waals surface area contributed by atoms with Gasteiger partial charge in [-0.3, -0.25) is 57.9 Å². The molecule has 19 N–H and O–H groups in total. The number of primary amides is 1. The van der Waals surface area contributed by atoms with E-state index in [2.05, 4.69) is 57.5 Å². The van der Waals surface area contributed by atoms with E-state index in [0.29, 0.717) is 23.1 Å². The van der Waals surface area contributed by atoms with Crippen LogP contribution >= 0.6 is 0 Å².